The van der Waals surface area contributed by atoms with Crippen molar-refractivity contribution in [2.45, 2.75) is 31.9 Å². The number of aromatic nitrogens is 4. The molecule has 5 aromatic rings. The number of hydrogen-bond acceptors (Lipinski definition) is 6. The molecule has 8 nitrogen and oxygen atoms in total. The van der Waals surface area contributed by atoms with Gasteiger partial charge >= 0.3 is 5.97 Å². The van der Waals surface area contributed by atoms with Crippen molar-refractivity contribution in [3.8, 4) is 11.6 Å². The van der Waals surface area contributed by atoms with Gasteiger partial charge < -0.3 is 19.1 Å². The topological polar surface area (TPSA) is 99.4 Å². The van der Waals surface area contributed by atoms with Gasteiger partial charge in [0.1, 0.15) is 23.2 Å². The first-order chi connectivity index (χ1) is 19.8. The Morgan fingerprint density at radius 2 is 1.85 bits per heavy atom. The summed E-state index contributed by atoms with van der Waals surface area (Å²) in [6.45, 7) is 1.14. The van der Waals surface area contributed by atoms with Crippen LogP contribution < -0.4 is 4.74 Å². The molecule has 0 spiro atoms. The van der Waals surface area contributed by atoms with Crippen molar-refractivity contribution in [2.75, 3.05) is 6.61 Å². The van der Waals surface area contributed by atoms with Gasteiger partial charge in [-0.05, 0) is 53.9 Å². The fourth-order valence-electron chi connectivity index (χ4n) is 4.62. The van der Waals surface area contributed by atoms with Crippen molar-refractivity contribution in [2.24, 2.45) is 0 Å². The third-order valence-corrected chi connectivity index (χ3v) is 7.13. The van der Waals surface area contributed by atoms with E-state index in [0.717, 1.165) is 18.2 Å². The number of nitrogens with zero attached hydrogens (tertiary/aromatic N) is 4. The molecule has 11 heteroatoms. The van der Waals surface area contributed by atoms with E-state index in [2.05, 4.69) is 15.0 Å². The maximum atomic E-state index is 15.3. The largest absolute Gasteiger partial charge is 0.478 e. The van der Waals surface area contributed by atoms with Crippen molar-refractivity contribution in [1.29, 1.82) is 0 Å². The standard InChI is InChI=1S/C30H23ClF2N4O4/c31-20-5-1-17(2-6-20)11-27-34-15-24(33)29(36-27)41-21-7-3-18(23(32)14-21)13-28-35-25-8-4-19(30(38)39)12-26(25)37(28)16-22-9-10-40-22/h1-8,12,14-15,22H,9-11,13,16H2,(H,38,39). The molecule has 1 saturated heterocycles. The molecule has 6 rings (SSSR count). The Hall–Kier alpha value is -4.41. The Kier molecular flexibility index (Phi) is 7.34. The van der Waals surface area contributed by atoms with E-state index in [1.165, 1.54) is 18.2 Å². The SMILES string of the molecule is O=C(O)c1ccc2nc(Cc3ccc(Oc4nc(Cc5ccc(Cl)cc5)ncc4F)cc3F)n(CC3CCO3)c2c1. The average Bonchev–Trinajstić information content (AvgIpc) is 3.27. The van der Waals surface area contributed by atoms with Crippen molar-refractivity contribution in [1.82, 2.24) is 19.5 Å². The fourth-order valence-corrected chi connectivity index (χ4v) is 4.75. The molecule has 3 heterocycles. The Labute approximate surface area is 238 Å². The van der Waals surface area contributed by atoms with Gasteiger partial charge in [0.2, 0.25) is 5.82 Å². The van der Waals surface area contributed by atoms with Gasteiger partial charge in [-0.3, -0.25) is 0 Å². The fraction of sp³-hybridized carbons (Fsp3) is 0.200. The monoisotopic (exact) mass is 576 g/mol. The van der Waals surface area contributed by atoms with E-state index in [1.807, 2.05) is 16.7 Å². The molecule has 0 radical (unpaired) electrons. The quantitative estimate of drug-likeness (QED) is 0.222. The molecule has 1 N–H and O–H groups in total. The second-order valence-corrected chi connectivity index (χ2v) is 10.1. The minimum absolute atomic E-state index is 0.0207. The number of halogens is 3. The average molecular weight is 577 g/mol. The molecule has 3 aromatic carbocycles. The number of benzene rings is 3. The highest BCUT2D eigenvalue weighted by Gasteiger charge is 2.23. The zero-order valence-corrected chi connectivity index (χ0v) is 22.3. The van der Waals surface area contributed by atoms with Crippen LogP contribution in [0.1, 0.15) is 39.6 Å². The summed E-state index contributed by atoms with van der Waals surface area (Å²) in [6.07, 6.45) is 2.35. The van der Waals surface area contributed by atoms with Gasteiger partial charge in [0, 0.05) is 30.5 Å². The van der Waals surface area contributed by atoms with Crippen molar-refractivity contribution < 1.29 is 28.2 Å². The number of imidazole rings is 1. The molecule has 1 unspecified atom stereocenters. The first kappa shape index (κ1) is 26.8. The van der Waals surface area contributed by atoms with Gasteiger partial charge in [-0.25, -0.2) is 19.2 Å². The lowest BCUT2D eigenvalue weighted by Gasteiger charge is -2.27. The molecule has 1 aliphatic rings. The number of ether oxygens (including phenoxy) is 2. The van der Waals surface area contributed by atoms with E-state index in [1.54, 1.807) is 30.3 Å². The van der Waals surface area contributed by atoms with E-state index >= 15 is 4.39 Å². The third kappa shape index (κ3) is 5.89. The molecular formula is C30H23ClF2N4O4. The lowest BCUT2D eigenvalue weighted by atomic mass is 10.1. The molecule has 1 fully saturated rings. The Balaban J connectivity index is 1.23. The highest BCUT2D eigenvalue weighted by Crippen LogP contribution is 2.28. The predicted molar refractivity (Wildman–Crippen MR) is 147 cm³/mol. The van der Waals surface area contributed by atoms with Crippen LogP contribution in [-0.2, 0) is 24.1 Å². The van der Waals surface area contributed by atoms with Crippen LogP contribution in [-0.4, -0.2) is 43.3 Å². The van der Waals surface area contributed by atoms with E-state index in [-0.39, 0.29) is 29.7 Å². The Morgan fingerprint density at radius 1 is 1.05 bits per heavy atom. The molecule has 2 aromatic heterocycles. The number of aromatic carboxylic acids is 1. The van der Waals surface area contributed by atoms with E-state index in [4.69, 9.17) is 21.1 Å². The lowest BCUT2D eigenvalue weighted by molar-refractivity contribution is -0.0589. The minimum Gasteiger partial charge on any atom is -0.478 e. The number of carboxylic acid groups (broad SMARTS) is 1. The minimum atomic E-state index is -1.04. The number of rotatable bonds is 9. The molecule has 41 heavy (non-hydrogen) atoms. The van der Waals surface area contributed by atoms with Crippen LogP contribution in [0.3, 0.4) is 0 Å². The molecule has 0 aliphatic carbocycles. The van der Waals surface area contributed by atoms with Gasteiger partial charge in [-0.2, -0.15) is 9.37 Å². The number of carbonyl (C=O) groups is 1. The first-order valence-electron chi connectivity index (χ1n) is 12.9. The summed E-state index contributed by atoms with van der Waals surface area (Å²) in [4.78, 5) is 24.4. The zero-order valence-electron chi connectivity index (χ0n) is 21.6. The maximum Gasteiger partial charge on any atom is 0.335 e. The summed E-state index contributed by atoms with van der Waals surface area (Å²) in [7, 11) is 0. The van der Waals surface area contributed by atoms with Crippen LogP contribution in [0, 0.1) is 11.6 Å². The summed E-state index contributed by atoms with van der Waals surface area (Å²) in [6, 6.07) is 16.1. The smallest absolute Gasteiger partial charge is 0.335 e. The highest BCUT2D eigenvalue weighted by atomic mass is 35.5. The number of hydrogen-bond donors (Lipinski definition) is 1. The number of fused-ring (bicyclic) bond motifs is 1. The molecule has 208 valence electrons. The molecule has 0 bridgehead atoms. The van der Waals surface area contributed by atoms with Crippen LogP contribution in [0.4, 0.5) is 8.78 Å². The second-order valence-electron chi connectivity index (χ2n) is 9.70. The van der Waals surface area contributed by atoms with E-state index in [0.29, 0.717) is 52.8 Å². The summed E-state index contributed by atoms with van der Waals surface area (Å²) in [5.41, 5.74) is 2.62. The maximum absolute atomic E-state index is 15.3. The predicted octanol–water partition coefficient (Wildman–Crippen LogP) is 6.22. The van der Waals surface area contributed by atoms with E-state index < -0.39 is 17.6 Å². The van der Waals surface area contributed by atoms with Gasteiger partial charge in [0.25, 0.3) is 5.88 Å². The van der Waals surface area contributed by atoms with Gasteiger partial charge in [0.15, 0.2) is 0 Å². The summed E-state index contributed by atoms with van der Waals surface area (Å²) in [5.74, 6) is -1.72. The zero-order chi connectivity index (χ0) is 28.5. The second kappa shape index (κ2) is 11.2. The summed E-state index contributed by atoms with van der Waals surface area (Å²) < 4.78 is 42.8. The van der Waals surface area contributed by atoms with E-state index in [9.17, 15) is 14.3 Å². The van der Waals surface area contributed by atoms with Crippen molar-refractivity contribution in [3.63, 3.8) is 0 Å². The summed E-state index contributed by atoms with van der Waals surface area (Å²) in [5, 5.41) is 10.0. The van der Waals surface area contributed by atoms with Crippen LogP contribution >= 0.6 is 11.6 Å². The summed E-state index contributed by atoms with van der Waals surface area (Å²) >= 11 is 5.93. The lowest BCUT2D eigenvalue weighted by Crippen LogP contribution is -2.31. The van der Waals surface area contributed by atoms with Crippen LogP contribution in [0.15, 0.2) is 66.9 Å². The van der Waals surface area contributed by atoms with Gasteiger partial charge in [0.05, 0.1) is 35.4 Å². The first-order valence-corrected chi connectivity index (χ1v) is 13.3. The van der Waals surface area contributed by atoms with Gasteiger partial charge in [-0.1, -0.05) is 29.8 Å². The molecule has 0 saturated carbocycles. The van der Waals surface area contributed by atoms with Crippen LogP contribution in [0.5, 0.6) is 11.6 Å². The molecular weight excluding hydrogens is 554 g/mol. The Morgan fingerprint density at radius 3 is 2.56 bits per heavy atom. The third-order valence-electron chi connectivity index (χ3n) is 6.88. The molecule has 1 aliphatic heterocycles. The van der Waals surface area contributed by atoms with Crippen molar-refractivity contribution >= 4 is 28.6 Å². The highest BCUT2D eigenvalue weighted by molar-refractivity contribution is 6.30. The molecule has 1 atom stereocenters. The Bertz CT molecular complexity index is 1760. The van der Waals surface area contributed by atoms with Gasteiger partial charge in [-0.15, -0.1) is 0 Å². The van der Waals surface area contributed by atoms with Crippen LogP contribution in [0.2, 0.25) is 5.02 Å². The van der Waals surface area contributed by atoms with Crippen molar-refractivity contribution in [3.05, 3.63) is 112 Å². The molecule has 0 amide bonds. The normalized spacial score (nSPS) is 14.7. The van der Waals surface area contributed by atoms with Crippen LogP contribution in [0.25, 0.3) is 11.0 Å². The number of carboxylic acids is 1.